The first-order chi connectivity index (χ1) is 6.42. The molecule has 0 amide bonds. The van der Waals surface area contributed by atoms with Crippen LogP contribution in [0.5, 0.6) is 0 Å². The Kier molecular flexibility index (Phi) is 2.12. The van der Waals surface area contributed by atoms with Crippen LogP contribution in [0.3, 0.4) is 0 Å². The summed E-state index contributed by atoms with van der Waals surface area (Å²) in [7, 11) is 0. The van der Waals surface area contributed by atoms with Gasteiger partial charge in [-0.15, -0.1) is 0 Å². The van der Waals surface area contributed by atoms with Crippen LogP contribution in [0.4, 0.5) is 13.2 Å². The lowest BCUT2D eigenvalue weighted by atomic mass is 10.1. The molecule has 0 bridgehead atoms. The highest BCUT2D eigenvalue weighted by Crippen LogP contribution is 2.46. The number of hydrogen-bond donors (Lipinski definition) is 1. The van der Waals surface area contributed by atoms with E-state index in [9.17, 15) is 18.3 Å². The number of halogens is 4. The van der Waals surface area contributed by atoms with Gasteiger partial charge in [0.1, 0.15) is 11.9 Å². The maximum atomic E-state index is 13.0. The molecule has 0 radical (unpaired) electrons. The largest absolute Gasteiger partial charge is 0.382 e. The highest BCUT2D eigenvalue weighted by atomic mass is 79.9. The number of aliphatic hydroxyl groups excluding tert-OH is 1. The van der Waals surface area contributed by atoms with Gasteiger partial charge in [-0.3, -0.25) is 0 Å². The van der Waals surface area contributed by atoms with Crippen molar-refractivity contribution >= 4 is 15.9 Å². The van der Waals surface area contributed by atoms with E-state index in [1.807, 2.05) is 0 Å². The summed E-state index contributed by atoms with van der Waals surface area (Å²) >= 11 is 2.96. The zero-order valence-corrected chi connectivity index (χ0v) is 8.48. The highest BCUT2D eigenvalue weighted by Gasteiger charge is 2.47. The molecule has 0 saturated carbocycles. The molecule has 0 unspecified atom stereocenters. The van der Waals surface area contributed by atoms with Crippen molar-refractivity contribution < 1.29 is 18.3 Å². The second kappa shape index (κ2) is 2.97. The molecular weight excluding hydrogens is 261 g/mol. The lowest BCUT2D eigenvalue weighted by Crippen LogP contribution is -2.21. The molecule has 1 nitrogen and oxygen atoms in total. The monoisotopic (exact) mass is 266 g/mol. The van der Waals surface area contributed by atoms with Gasteiger partial charge in [0.15, 0.2) is 0 Å². The van der Waals surface area contributed by atoms with Crippen LogP contribution in [0.2, 0.25) is 0 Å². The number of aliphatic hydroxyl groups is 1. The van der Waals surface area contributed by atoms with Crippen molar-refractivity contribution in [2.24, 2.45) is 0 Å². The molecule has 0 heterocycles. The second-order valence-electron chi connectivity index (χ2n) is 3.30. The van der Waals surface area contributed by atoms with Gasteiger partial charge < -0.3 is 5.11 Å². The van der Waals surface area contributed by atoms with E-state index in [1.165, 1.54) is 0 Å². The van der Waals surface area contributed by atoms with Crippen molar-refractivity contribution in [1.29, 1.82) is 0 Å². The summed E-state index contributed by atoms with van der Waals surface area (Å²) in [6.07, 6.45) is -2.45. The summed E-state index contributed by atoms with van der Waals surface area (Å²) < 4.78 is 39.1. The minimum absolute atomic E-state index is 0.0939. The van der Waals surface area contributed by atoms with Gasteiger partial charge in [-0.25, -0.2) is 13.2 Å². The predicted octanol–water partition coefficient (Wildman–Crippen LogP) is 2.81. The minimum Gasteiger partial charge on any atom is -0.382 e. The highest BCUT2D eigenvalue weighted by molar-refractivity contribution is 9.10. The molecule has 1 aromatic carbocycles. The Labute approximate surface area is 86.7 Å². The Morgan fingerprint density at radius 3 is 2.71 bits per heavy atom. The van der Waals surface area contributed by atoms with Crippen molar-refractivity contribution in [3.63, 3.8) is 0 Å². The Balaban J connectivity index is 2.59. The number of alkyl halides is 2. The van der Waals surface area contributed by atoms with Gasteiger partial charge >= 0.3 is 0 Å². The summed E-state index contributed by atoms with van der Waals surface area (Å²) in [5.74, 6) is -3.78. The van der Waals surface area contributed by atoms with Crippen LogP contribution in [0.25, 0.3) is 0 Å². The van der Waals surface area contributed by atoms with Gasteiger partial charge in [-0.05, 0) is 17.7 Å². The van der Waals surface area contributed by atoms with Crippen LogP contribution >= 0.6 is 15.9 Å². The zero-order chi connectivity index (χ0) is 10.5. The van der Waals surface area contributed by atoms with Crippen LogP contribution in [0.15, 0.2) is 16.6 Å². The number of hydrogen-bond acceptors (Lipinski definition) is 1. The molecule has 5 heteroatoms. The van der Waals surface area contributed by atoms with Crippen molar-refractivity contribution in [1.82, 2.24) is 0 Å². The molecule has 0 spiro atoms. The molecule has 0 aliphatic heterocycles. The summed E-state index contributed by atoms with van der Waals surface area (Å²) in [4.78, 5) is 0. The standard InChI is InChI=1S/C9H6BrF3O/c10-6-2-5(11)1-4-3-9(12,13)8(14)7(4)6/h1-2,8,14H,3H2/t8-/m1/s1. The first kappa shape index (κ1) is 9.98. The fraction of sp³-hybridized carbons (Fsp3) is 0.333. The van der Waals surface area contributed by atoms with E-state index < -0.39 is 24.3 Å². The summed E-state index contributed by atoms with van der Waals surface area (Å²) in [6.45, 7) is 0. The molecule has 1 aromatic rings. The van der Waals surface area contributed by atoms with Gasteiger partial charge in [0.25, 0.3) is 5.92 Å². The van der Waals surface area contributed by atoms with E-state index in [1.54, 1.807) is 0 Å². The van der Waals surface area contributed by atoms with Crippen molar-refractivity contribution in [2.45, 2.75) is 18.4 Å². The maximum absolute atomic E-state index is 13.0. The Hall–Kier alpha value is -0.550. The quantitative estimate of drug-likeness (QED) is 0.766. The molecule has 1 aliphatic carbocycles. The van der Waals surface area contributed by atoms with Crippen LogP contribution in [0, 0.1) is 5.82 Å². The molecule has 0 fully saturated rings. The molecule has 2 rings (SSSR count). The zero-order valence-electron chi connectivity index (χ0n) is 6.90. The lowest BCUT2D eigenvalue weighted by Gasteiger charge is -2.13. The first-order valence-electron chi connectivity index (χ1n) is 3.95. The molecule has 1 N–H and O–H groups in total. The molecule has 0 saturated heterocycles. The van der Waals surface area contributed by atoms with E-state index in [0.29, 0.717) is 0 Å². The van der Waals surface area contributed by atoms with E-state index in [-0.39, 0.29) is 15.6 Å². The third-order valence-corrected chi connectivity index (χ3v) is 2.94. The normalized spacial score (nSPS) is 23.6. The molecule has 14 heavy (non-hydrogen) atoms. The number of rotatable bonds is 0. The van der Waals surface area contributed by atoms with Gasteiger partial charge in [0.05, 0.1) is 0 Å². The maximum Gasteiger partial charge on any atom is 0.281 e. The fourth-order valence-corrected chi connectivity index (χ4v) is 2.34. The van der Waals surface area contributed by atoms with Crippen molar-refractivity contribution in [3.05, 3.63) is 33.5 Å². The SMILES string of the molecule is O[C@@H]1c2c(Br)cc(F)cc2CC1(F)F. The van der Waals surface area contributed by atoms with Crippen LogP contribution in [0.1, 0.15) is 17.2 Å². The summed E-state index contributed by atoms with van der Waals surface area (Å²) in [5, 5.41) is 9.28. The van der Waals surface area contributed by atoms with Crippen LogP contribution in [-0.2, 0) is 6.42 Å². The number of fused-ring (bicyclic) bond motifs is 1. The summed E-state index contributed by atoms with van der Waals surface area (Å²) in [5.41, 5.74) is 0.255. The summed E-state index contributed by atoms with van der Waals surface area (Å²) in [6, 6.07) is 2.10. The van der Waals surface area contributed by atoms with Crippen molar-refractivity contribution in [2.75, 3.05) is 0 Å². The van der Waals surface area contributed by atoms with Crippen LogP contribution < -0.4 is 0 Å². The van der Waals surface area contributed by atoms with Gasteiger partial charge in [-0.1, -0.05) is 15.9 Å². The Bertz CT molecular complexity index is 392. The average molecular weight is 267 g/mol. The van der Waals surface area contributed by atoms with E-state index in [0.717, 1.165) is 12.1 Å². The predicted molar refractivity (Wildman–Crippen MR) is 47.7 cm³/mol. The molecule has 1 atom stereocenters. The third-order valence-electron chi connectivity index (χ3n) is 2.28. The van der Waals surface area contributed by atoms with Crippen molar-refractivity contribution in [3.8, 4) is 0 Å². The van der Waals surface area contributed by atoms with E-state index >= 15 is 0 Å². The molecular formula is C9H6BrF3O. The molecule has 76 valence electrons. The van der Waals surface area contributed by atoms with Crippen LogP contribution in [-0.4, -0.2) is 11.0 Å². The first-order valence-corrected chi connectivity index (χ1v) is 4.75. The van der Waals surface area contributed by atoms with Gasteiger partial charge in [0.2, 0.25) is 0 Å². The molecule has 1 aliphatic rings. The topological polar surface area (TPSA) is 20.2 Å². The lowest BCUT2D eigenvalue weighted by molar-refractivity contribution is -0.0970. The fourth-order valence-electron chi connectivity index (χ4n) is 1.65. The smallest absolute Gasteiger partial charge is 0.281 e. The Morgan fingerprint density at radius 1 is 1.43 bits per heavy atom. The average Bonchev–Trinajstić information content (AvgIpc) is 2.21. The minimum atomic E-state index is -3.20. The third kappa shape index (κ3) is 1.35. The Morgan fingerprint density at radius 2 is 2.07 bits per heavy atom. The van der Waals surface area contributed by atoms with Gasteiger partial charge in [0, 0.05) is 16.5 Å². The number of benzene rings is 1. The van der Waals surface area contributed by atoms with E-state index in [2.05, 4.69) is 15.9 Å². The second-order valence-corrected chi connectivity index (χ2v) is 4.16. The van der Waals surface area contributed by atoms with E-state index in [4.69, 9.17) is 0 Å². The molecule has 0 aromatic heterocycles. The van der Waals surface area contributed by atoms with Gasteiger partial charge in [-0.2, -0.15) is 0 Å².